The number of esters is 2. The quantitative estimate of drug-likeness (QED) is 0.360. The van der Waals surface area contributed by atoms with Gasteiger partial charge in [0.25, 0.3) is 0 Å². The van der Waals surface area contributed by atoms with Crippen LogP contribution in [-0.2, 0) is 14.3 Å². The maximum Gasteiger partial charge on any atom is 0.343 e. The normalized spacial score (nSPS) is 12.3. The molecule has 8 heteroatoms. The van der Waals surface area contributed by atoms with Crippen molar-refractivity contribution < 1.29 is 24.2 Å². The maximum atomic E-state index is 11.9. The summed E-state index contributed by atoms with van der Waals surface area (Å²) < 4.78 is 9.63. The summed E-state index contributed by atoms with van der Waals surface area (Å²) >= 11 is 12.1. The number of carbonyl (C=O) groups excluding carboxylic acids is 2. The Hall–Kier alpha value is -2.05. The fourth-order valence-corrected chi connectivity index (χ4v) is 2.08. The number of aliphatic hydroxyl groups excluding tert-OH is 1. The number of rotatable bonds is 5. The zero-order valence-electron chi connectivity index (χ0n) is 13.6. The lowest BCUT2D eigenvalue weighted by Crippen LogP contribution is -2.15. The Kier molecular flexibility index (Phi) is 7.25. The van der Waals surface area contributed by atoms with Crippen molar-refractivity contribution in [2.24, 2.45) is 4.99 Å². The van der Waals surface area contributed by atoms with Crippen LogP contribution in [0, 0.1) is 0 Å². The third-order valence-corrected chi connectivity index (χ3v) is 3.32. The lowest BCUT2D eigenvalue weighted by molar-refractivity contribution is -0.142. The summed E-state index contributed by atoms with van der Waals surface area (Å²) in [7, 11) is 1.21. The molecule has 130 valence electrons. The number of halogens is 2. The zero-order valence-corrected chi connectivity index (χ0v) is 15.1. The van der Waals surface area contributed by atoms with Gasteiger partial charge in [0, 0.05) is 11.2 Å². The smallest absolute Gasteiger partial charge is 0.343 e. The van der Waals surface area contributed by atoms with E-state index in [0.717, 1.165) is 6.21 Å². The van der Waals surface area contributed by atoms with Gasteiger partial charge in [0.15, 0.2) is 0 Å². The minimum absolute atomic E-state index is 0.00895. The van der Waals surface area contributed by atoms with E-state index in [2.05, 4.69) is 9.73 Å². The van der Waals surface area contributed by atoms with Crippen molar-refractivity contribution in [2.45, 2.75) is 26.9 Å². The summed E-state index contributed by atoms with van der Waals surface area (Å²) in [5, 5.41) is 9.85. The Morgan fingerprint density at radius 3 is 2.42 bits per heavy atom. The molecule has 0 heterocycles. The third kappa shape index (κ3) is 5.25. The fourth-order valence-electron chi connectivity index (χ4n) is 1.63. The lowest BCUT2D eigenvalue weighted by Gasteiger charge is -2.09. The number of hydrogen-bond acceptors (Lipinski definition) is 6. The molecule has 0 aliphatic rings. The summed E-state index contributed by atoms with van der Waals surface area (Å²) in [5.74, 6) is -1.68. The number of aliphatic hydroxyl groups is 1. The topological polar surface area (TPSA) is 85.2 Å². The van der Waals surface area contributed by atoms with E-state index in [0.29, 0.717) is 0 Å². The monoisotopic (exact) mass is 373 g/mol. The van der Waals surface area contributed by atoms with Crippen LogP contribution in [0.5, 0.6) is 0 Å². The van der Waals surface area contributed by atoms with Crippen LogP contribution in [0.1, 0.15) is 31.1 Å². The van der Waals surface area contributed by atoms with E-state index in [1.54, 1.807) is 13.8 Å². The molecule has 0 radical (unpaired) electrons. The molecular formula is C16H17Cl2NO5. The van der Waals surface area contributed by atoms with Crippen molar-refractivity contribution in [3.8, 4) is 0 Å². The molecule has 1 aromatic rings. The largest absolute Gasteiger partial charge is 0.512 e. The van der Waals surface area contributed by atoms with Gasteiger partial charge in [0.05, 0.1) is 29.5 Å². The molecule has 0 atom stereocenters. The van der Waals surface area contributed by atoms with Gasteiger partial charge in [-0.15, -0.1) is 0 Å². The third-order valence-electron chi connectivity index (χ3n) is 2.71. The maximum absolute atomic E-state index is 11.9. The number of benzene rings is 1. The van der Waals surface area contributed by atoms with Crippen LogP contribution in [0.3, 0.4) is 0 Å². The SMILES string of the molecule is COC(=O)c1cc(Cl)cc(N=CC(C(=O)OC(C)C)=C(C)O)c1Cl. The first-order chi connectivity index (χ1) is 11.2. The van der Waals surface area contributed by atoms with E-state index in [1.807, 2.05) is 0 Å². The number of aliphatic imine (C=N–C) groups is 1. The highest BCUT2D eigenvalue weighted by Gasteiger charge is 2.17. The Morgan fingerprint density at radius 2 is 1.92 bits per heavy atom. The minimum Gasteiger partial charge on any atom is -0.512 e. The molecule has 0 aliphatic carbocycles. The number of allylic oxidation sites excluding steroid dienone is 1. The van der Waals surface area contributed by atoms with Crippen LogP contribution >= 0.6 is 23.2 Å². The predicted octanol–water partition coefficient (Wildman–Crippen LogP) is 4.27. The molecule has 0 aliphatic heterocycles. The first-order valence-electron chi connectivity index (χ1n) is 6.89. The molecule has 0 spiro atoms. The Balaban J connectivity index is 3.26. The molecule has 0 unspecified atom stereocenters. The highest BCUT2D eigenvalue weighted by Crippen LogP contribution is 2.32. The number of ether oxygens (including phenoxy) is 2. The molecule has 0 saturated heterocycles. The van der Waals surface area contributed by atoms with E-state index in [4.69, 9.17) is 27.9 Å². The molecule has 1 aromatic carbocycles. The van der Waals surface area contributed by atoms with Crippen molar-refractivity contribution in [1.29, 1.82) is 0 Å². The molecule has 1 N–H and O–H groups in total. The molecule has 6 nitrogen and oxygen atoms in total. The first kappa shape index (κ1) is 20.0. The van der Waals surface area contributed by atoms with Gasteiger partial charge >= 0.3 is 11.9 Å². The van der Waals surface area contributed by atoms with E-state index in [-0.39, 0.29) is 38.7 Å². The van der Waals surface area contributed by atoms with Crippen molar-refractivity contribution in [3.05, 3.63) is 39.1 Å². The second-order valence-corrected chi connectivity index (χ2v) is 5.80. The van der Waals surface area contributed by atoms with Crippen LogP contribution in [0.2, 0.25) is 10.0 Å². The summed E-state index contributed by atoms with van der Waals surface area (Å²) in [6.45, 7) is 4.67. The summed E-state index contributed by atoms with van der Waals surface area (Å²) in [6.07, 6.45) is 0.736. The standard InChI is InChI=1S/C16H17Cl2NO5/c1-8(2)24-16(22)12(9(3)20)7-19-13-6-10(17)5-11(14(13)18)15(21)23-4/h5-8,20H,1-4H3. The summed E-state index contributed by atoms with van der Waals surface area (Å²) in [5.41, 5.74) is 0.0369. The van der Waals surface area contributed by atoms with Crippen LogP contribution in [0.25, 0.3) is 0 Å². The molecule has 24 heavy (non-hydrogen) atoms. The number of hydrogen-bond donors (Lipinski definition) is 1. The molecule has 0 bridgehead atoms. The summed E-state index contributed by atoms with van der Waals surface area (Å²) in [4.78, 5) is 27.6. The molecule has 0 amide bonds. The van der Waals surface area contributed by atoms with E-state index in [1.165, 1.54) is 26.2 Å². The zero-order chi connectivity index (χ0) is 18.4. The van der Waals surface area contributed by atoms with Gasteiger partial charge in [0.2, 0.25) is 0 Å². The molecule has 0 fully saturated rings. The predicted molar refractivity (Wildman–Crippen MR) is 92.5 cm³/mol. The van der Waals surface area contributed by atoms with Crippen LogP contribution in [0.4, 0.5) is 5.69 Å². The molecular weight excluding hydrogens is 357 g/mol. The highest BCUT2D eigenvalue weighted by atomic mass is 35.5. The van der Waals surface area contributed by atoms with E-state index >= 15 is 0 Å². The fraction of sp³-hybridized carbons (Fsp3) is 0.312. The molecule has 1 rings (SSSR count). The van der Waals surface area contributed by atoms with Crippen molar-refractivity contribution in [1.82, 2.24) is 0 Å². The Morgan fingerprint density at radius 1 is 1.29 bits per heavy atom. The van der Waals surface area contributed by atoms with Crippen molar-refractivity contribution >= 4 is 47.0 Å². The summed E-state index contributed by atoms with van der Waals surface area (Å²) in [6, 6.07) is 2.75. The minimum atomic E-state index is -0.736. The number of nitrogens with zero attached hydrogens (tertiary/aromatic N) is 1. The lowest BCUT2D eigenvalue weighted by atomic mass is 10.2. The van der Waals surface area contributed by atoms with Crippen molar-refractivity contribution in [2.75, 3.05) is 7.11 Å². The van der Waals surface area contributed by atoms with E-state index < -0.39 is 11.9 Å². The van der Waals surface area contributed by atoms with Gasteiger partial charge in [-0.3, -0.25) is 4.99 Å². The van der Waals surface area contributed by atoms with E-state index in [9.17, 15) is 14.7 Å². The Labute approximate surface area is 149 Å². The van der Waals surface area contributed by atoms with Crippen LogP contribution < -0.4 is 0 Å². The number of methoxy groups -OCH3 is 1. The second kappa shape index (κ2) is 8.70. The van der Waals surface area contributed by atoms with Gasteiger partial charge in [0.1, 0.15) is 11.3 Å². The van der Waals surface area contributed by atoms with Gasteiger partial charge in [-0.05, 0) is 32.9 Å². The van der Waals surface area contributed by atoms with Gasteiger partial charge in [-0.2, -0.15) is 0 Å². The van der Waals surface area contributed by atoms with Crippen LogP contribution in [0.15, 0.2) is 28.5 Å². The highest BCUT2D eigenvalue weighted by molar-refractivity contribution is 6.38. The Bertz CT molecular complexity index is 707. The first-order valence-corrected chi connectivity index (χ1v) is 7.65. The molecule has 0 saturated carbocycles. The second-order valence-electron chi connectivity index (χ2n) is 4.99. The van der Waals surface area contributed by atoms with Crippen LogP contribution in [-0.4, -0.2) is 36.5 Å². The molecule has 0 aromatic heterocycles. The van der Waals surface area contributed by atoms with Crippen molar-refractivity contribution in [3.63, 3.8) is 0 Å². The average Bonchev–Trinajstić information content (AvgIpc) is 2.48. The number of carbonyl (C=O) groups is 2. The average molecular weight is 374 g/mol. The van der Waals surface area contributed by atoms with Gasteiger partial charge in [-0.25, -0.2) is 9.59 Å². The van der Waals surface area contributed by atoms with Gasteiger partial charge < -0.3 is 14.6 Å². The van der Waals surface area contributed by atoms with Gasteiger partial charge in [-0.1, -0.05) is 23.2 Å².